The first-order valence-electron chi connectivity index (χ1n) is 11.2. The van der Waals surface area contributed by atoms with Crippen molar-refractivity contribution in [2.24, 2.45) is 17.8 Å². The Bertz CT molecular complexity index is 1080. The molecule has 2 aliphatic carbocycles. The average molecular weight is 469 g/mol. The molecule has 4 atom stereocenters. The molecule has 2 aliphatic rings. The minimum atomic E-state index is 0.0533. The lowest BCUT2D eigenvalue weighted by Crippen LogP contribution is -2.40. The largest absolute Gasteiger partial charge is 0.495 e. The lowest BCUT2D eigenvalue weighted by atomic mass is 9.84. The smallest absolute Gasteiger partial charge is 0.230 e. The molecule has 1 amide bonds. The van der Waals surface area contributed by atoms with Crippen LogP contribution in [0.1, 0.15) is 32.6 Å². The van der Waals surface area contributed by atoms with E-state index in [-0.39, 0.29) is 11.9 Å². The van der Waals surface area contributed by atoms with Gasteiger partial charge in [-0.15, -0.1) is 21.5 Å². The van der Waals surface area contributed by atoms with E-state index in [9.17, 15) is 4.79 Å². The molecule has 0 aliphatic heterocycles. The maximum atomic E-state index is 12.8. The maximum absolute atomic E-state index is 12.8. The molecule has 1 aromatic carbocycles. The summed E-state index contributed by atoms with van der Waals surface area (Å²) < 4.78 is 7.58. The van der Waals surface area contributed by atoms with Gasteiger partial charge in [-0.3, -0.25) is 9.36 Å². The van der Waals surface area contributed by atoms with E-state index < -0.39 is 0 Å². The molecule has 1 N–H and O–H groups in total. The number of amides is 1. The van der Waals surface area contributed by atoms with Crippen molar-refractivity contribution in [3.8, 4) is 22.1 Å². The molecule has 5 rings (SSSR count). The van der Waals surface area contributed by atoms with Gasteiger partial charge in [0.25, 0.3) is 0 Å². The Kier molecular flexibility index (Phi) is 6.24. The Morgan fingerprint density at radius 2 is 2.12 bits per heavy atom. The number of carbonyl (C=O) groups is 1. The molecular formula is C24H28N4O2S2. The summed E-state index contributed by atoms with van der Waals surface area (Å²) in [4.78, 5) is 13.8. The Morgan fingerprint density at radius 3 is 2.84 bits per heavy atom. The second-order valence-electron chi connectivity index (χ2n) is 8.77. The molecule has 2 saturated carbocycles. The van der Waals surface area contributed by atoms with E-state index in [1.807, 2.05) is 46.3 Å². The zero-order valence-corrected chi connectivity index (χ0v) is 20.0. The van der Waals surface area contributed by atoms with Gasteiger partial charge >= 0.3 is 0 Å². The molecule has 32 heavy (non-hydrogen) atoms. The number of para-hydroxylation sites is 2. The number of hydrogen-bond acceptors (Lipinski definition) is 6. The molecule has 3 aromatic rings. The maximum Gasteiger partial charge on any atom is 0.230 e. The van der Waals surface area contributed by atoms with Gasteiger partial charge in [-0.25, -0.2) is 0 Å². The highest BCUT2D eigenvalue weighted by Gasteiger charge is 2.42. The SMILES string of the molecule is COc1ccccc1-n1c(SCC(=O)N[C@H](C)[C@@H]2C[C@H]3CC[C@H]2C3)nnc1-c1cccs1. The fraction of sp³-hybridized carbons (Fsp3) is 0.458. The standard InChI is InChI=1S/C24H28N4O2S2/c1-15(18-13-16-9-10-17(18)12-16)25-22(29)14-32-24-27-26-23(21-8-5-11-31-21)28(24)19-6-3-4-7-20(19)30-2/h3-8,11,15-18H,9-10,12-14H2,1-2H3,(H,25,29)/t15-,16+,17+,18+/m1/s1. The summed E-state index contributed by atoms with van der Waals surface area (Å²) in [6.45, 7) is 2.17. The predicted molar refractivity (Wildman–Crippen MR) is 128 cm³/mol. The first-order chi connectivity index (χ1) is 15.6. The van der Waals surface area contributed by atoms with Crippen molar-refractivity contribution in [1.29, 1.82) is 0 Å². The third-order valence-corrected chi connectivity index (χ3v) is 8.65. The number of rotatable bonds is 8. The predicted octanol–water partition coefficient (Wildman–Crippen LogP) is 5.04. The Morgan fingerprint density at radius 1 is 1.25 bits per heavy atom. The molecular weight excluding hydrogens is 440 g/mol. The zero-order chi connectivity index (χ0) is 22.1. The van der Waals surface area contributed by atoms with Crippen LogP contribution >= 0.6 is 23.1 Å². The summed E-state index contributed by atoms with van der Waals surface area (Å²) in [6, 6.07) is 12.1. The minimum absolute atomic E-state index is 0.0533. The highest BCUT2D eigenvalue weighted by atomic mass is 32.2. The second-order valence-corrected chi connectivity index (χ2v) is 10.7. The highest BCUT2D eigenvalue weighted by molar-refractivity contribution is 7.99. The third-order valence-electron chi connectivity index (χ3n) is 6.86. The number of nitrogens with zero attached hydrogens (tertiary/aromatic N) is 3. The van der Waals surface area contributed by atoms with E-state index in [0.717, 1.165) is 34.0 Å². The van der Waals surface area contributed by atoms with Gasteiger partial charge in [0.15, 0.2) is 11.0 Å². The van der Waals surface area contributed by atoms with Gasteiger partial charge in [0, 0.05) is 6.04 Å². The van der Waals surface area contributed by atoms with Crippen LogP contribution in [0.4, 0.5) is 0 Å². The summed E-state index contributed by atoms with van der Waals surface area (Å²) in [7, 11) is 1.66. The first kappa shape index (κ1) is 21.5. The van der Waals surface area contributed by atoms with E-state index >= 15 is 0 Å². The van der Waals surface area contributed by atoms with Crippen molar-refractivity contribution < 1.29 is 9.53 Å². The number of aromatic nitrogens is 3. The molecule has 2 fully saturated rings. The van der Waals surface area contributed by atoms with Crippen LogP contribution in [0.15, 0.2) is 46.9 Å². The molecule has 168 valence electrons. The Balaban J connectivity index is 1.33. The monoisotopic (exact) mass is 468 g/mol. The van der Waals surface area contributed by atoms with Crippen molar-refractivity contribution in [2.75, 3.05) is 12.9 Å². The van der Waals surface area contributed by atoms with Gasteiger partial charge in [0.05, 0.1) is 23.4 Å². The number of nitrogens with one attached hydrogen (secondary N) is 1. The lowest BCUT2D eigenvalue weighted by molar-refractivity contribution is -0.119. The molecule has 0 radical (unpaired) electrons. The van der Waals surface area contributed by atoms with Crippen LogP contribution in [0.3, 0.4) is 0 Å². The topological polar surface area (TPSA) is 69.0 Å². The van der Waals surface area contributed by atoms with Gasteiger partial charge < -0.3 is 10.1 Å². The average Bonchev–Trinajstić information content (AvgIpc) is 3.61. The number of ether oxygens (including phenoxy) is 1. The molecule has 2 heterocycles. The van der Waals surface area contributed by atoms with Crippen molar-refractivity contribution in [1.82, 2.24) is 20.1 Å². The van der Waals surface area contributed by atoms with Crippen LogP contribution in [-0.2, 0) is 4.79 Å². The number of thiophene rings is 1. The molecule has 2 bridgehead atoms. The van der Waals surface area contributed by atoms with E-state index in [4.69, 9.17) is 4.74 Å². The number of fused-ring (bicyclic) bond motifs is 2. The Labute approximate surface area is 196 Å². The molecule has 0 spiro atoms. The van der Waals surface area contributed by atoms with Crippen LogP contribution in [0.25, 0.3) is 16.4 Å². The van der Waals surface area contributed by atoms with E-state index in [2.05, 4.69) is 22.4 Å². The second kappa shape index (κ2) is 9.27. The van der Waals surface area contributed by atoms with Gasteiger partial charge in [-0.1, -0.05) is 36.4 Å². The van der Waals surface area contributed by atoms with Gasteiger partial charge in [0.2, 0.25) is 5.91 Å². The van der Waals surface area contributed by atoms with Crippen LogP contribution < -0.4 is 10.1 Å². The summed E-state index contributed by atoms with van der Waals surface area (Å²) in [6.07, 6.45) is 5.33. The minimum Gasteiger partial charge on any atom is -0.495 e. The van der Waals surface area contributed by atoms with Gasteiger partial charge in [-0.05, 0) is 67.5 Å². The van der Waals surface area contributed by atoms with Gasteiger partial charge in [-0.2, -0.15) is 0 Å². The van der Waals surface area contributed by atoms with Crippen LogP contribution in [-0.4, -0.2) is 39.6 Å². The fourth-order valence-corrected chi connectivity index (χ4v) is 6.85. The number of carbonyl (C=O) groups excluding carboxylic acids is 1. The summed E-state index contributed by atoms with van der Waals surface area (Å²) in [5.74, 6) is 4.16. The van der Waals surface area contributed by atoms with E-state index in [1.165, 1.54) is 37.4 Å². The van der Waals surface area contributed by atoms with Crippen molar-refractivity contribution >= 4 is 29.0 Å². The van der Waals surface area contributed by atoms with Crippen molar-refractivity contribution in [3.05, 3.63) is 41.8 Å². The van der Waals surface area contributed by atoms with Crippen molar-refractivity contribution in [3.63, 3.8) is 0 Å². The summed E-state index contributed by atoms with van der Waals surface area (Å²) in [5, 5.41) is 14.8. The number of methoxy groups -OCH3 is 1. The Hall–Kier alpha value is -2.32. The summed E-state index contributed by atoms with van der Waals surface area (Å²) in [5.41, 5.74) is 0.863. The highest BCUT2D eigenvalue weighted by Crippen LogP contribution is 2.49. The normalized spacial score (nSPS) is 22.8. The lowest BCUT2D eigenvalue weighted by Gasteiger charge is -2.28. The quantitative estimate of drug-likeness (QED) is 0.469. The molecule has 0 unspecified atom stereocenters. The van der Waals surface area contributed by atoms with Crippen molar-refractivity contribution in [2.45, 2.75) is 43.8 Å². The fourth-order valence-electron chi connectivity index (χ4n) is 5.40. The van der Waals surface area contributed by atoms with E-state index in [1.54, 1.807) is 18.4 Å². The van der Waals surface area contributed by atoms with Crippen LogP contribution in [0.2, 0.25) is 0 Å². The molecule has 8 heteroatoms. The number of hydrogen-bond donors (Lipinski definition) is 1. The van der Waals surface area contributed by atoms with E-state index in [0.29, 0.717) is 16.8 Å². The van der Waals surface area contributed by atoms with Crippen LogP contribution in [0.5, 0.6) is 5.75 Å². The number of benzene rings is 1. The molecule has 6 nitrogen and oxygen atoms in total. The summed E-state index contributed by atoms with van der Waals surface area (Å²) >= 11 is 3.03. The number of thioether (sulfide) groups is 1. The first-order valence-corrected chi connectivity index (χ1v) is 13.1. The molecule has 2 aromatic heterocycles. The van der Waals surface area contributed by atoms with Gasteiger partial charge in [0.1, 0.15) is 5.75 Å². The third kappa shape index (κ3) is 4.18. The van der Waals surface area contributed by atoms with Crippen LogP contribution in [0, 0.1) is 17.8 Å². The molecule has 0 saturated heterocycles. The zero-order valence-electron chi connectivity index (χ0n) is 18.4.